The highest BCUT2D eigenvalue weighted by Crippen LogP contribution is 2.58. The van der Waals surface area contributed by atoms with Gasteiger partial charge in [0, 0.05) is 43.7 Å². The average molecular weight is 641 g/mol. The summed E-state index contributed by atoms with van der Waals surface area (Å²) >= 11 is 0. The zero-order valence-electron chi connectivity index (χ0n) is 28.8. The van der Waals surface area contributed by atoms with Gasteiger partial charge in [0.05, 0.1) is 22.1 Å². The first-order chi connectivity index (χ1) is 24.4. The van der Waals surface area contributed by atoms with Gasteiger partial charge in [-0.3, -0.25) is 0 Å². The van der Waals surface area contributed by atoms with Gasteiger partial charge in [-0.05, 0) is 80.9 Å². The zero-order valence-corrected chi connectivity index (χ0v) is 28.8. The van der Waals surface area contributed by atoms with E-state index >= 15 is 0 Å². The number of aromatic nitrogens is 2. The molecular formula is C48H36N2. The van der Waals surface area contributed by atoms with Crippen LogP contribution in [0.2, 0.25) is 0 Å². The molecule has 0 saturated heterocycles. The highest BCUT2D eigenvalue weighted by Gasteiger charge is 2.42. The average Bonchev–Trinajstić information content (AvgIpc) is 3.81. The summed E-state index contributed by atoms with van der Waals surface area (Å²) in [5.41, 5.74) is 18.2. The molecule has 0 unspecified atom stereocenters. The lowest BCUT2D eigenvalue weighted by molar-refractivity contribution is 0.660. The van der Waals surface area contributed by atoms with Gasteiger partial charge in [0.2, 0.25) is 0 Å². The molecular weight excluding hydrogens is 605 g/mol. The van der Waals surface area contributed by atoms with Crippen LogP contribution in [0.3, 0.4) is 0 Å². The number of fused-ring (bicyclic) bond motifs is 15. The fraction of sp³-hybridized carbons (Fsp3) is 0.125. The van der Waals surface area contributed by atoms with Crippen LogP contribution in [0.15, 0.2) is 146 Å². The minimum absolute atomic E-state index is 0.0937. The van der Waals surface area contributed by atoms with E-state index in [2.05, 4.69) is 182 Å². The summed E-state index contributed by atoms with van der Waals surface area (Å²) in [4.78, 5) is 0. The van der Waals surface area contributed by atoms with Crippen molar-refractivity contribution in [2.75, 3.05) is 0 Å². The maximum atomic E-state index is 2.59. The zero-order chi connectivity index (χ0) is 33.5. The Morgan fingerprint density at radius 2 is 0.940 bits per heavy atom. The van der Waals surface area contributed by atoms with Crippen molar-refractivity contribution < 1.29 is 0 Å². The predicted molar refractivity (Wildman–Crippen MR) is 210 cm³/mol. The van der Waals surface area contributed by atoms with Crippen molar-refractivity contribution in [1.29, 1.82) is 0 Å². The SMILES string of the molecule is CC1(C)c2ccccc2-c2ccc(-n3c4ccccc4c4c5c(c6c(c7ccccc7n6-c6ccccc6)c43)C(C)(C)c3ccccc3-5)cc21. The molecule has 2 nitrogen and oxygen atoms in total. The maximum Gasteiger partial charge on any atom is 0.0647 e. The van der Waals surface area contributed by atoms with Crippen molar-refractivity contribution in [2.45, 2.75) is 38.5 Å². The quantitative estimate of drug-likeness (QED) is 0.178. The Kier molecular flexibility index (Phi) is 5.28. The number of hydrogen-bond donors (Lipinski definition) is 0. The molecule has 2 heterocycles. The smallest absolute Gasteiger partial charge is 0.0647 e. The molecule has 0 atom stereocenters. The van der Waals surface area contributed by atoms with Gasteiger partial charge in [0.1, 0.15) is 0 Å². The standard InChI is InChI=1S/C48H36N2/c1-47(2)36-22-12-8-18-31(36)32-27-26-30(28-38(32)47)50-39-24-14-10-20-34(39)42-41-33-19-9-13-23-37(33)48(3,4)44(41)46-43(45(42)50)35-21-11-15-25-40(35)49(46)29-16-6-5-7-17-29/h5-28H,1-4H3. The molecule has 2 aliphatic carbocycles. The van der Waals surface area contributed by atoms with Crippen molar-refractivity contribution in [3.8, 4) is 33.6 Å². The van der Waals surface area contributed by atoms with E-state index in [9.17, 15) is 0 Å². The van der Waals surface area contributed by atoms with E-state index in [-0.39, 0.29) is 10.8 Å². The summed E-state index contributed by atoms with van der Waals surface area (Å²) < 4.78 is 5.13. The minimum atomic E-state index is -0.203. The fourth-order valence-electron chi connectivity index (χ4n) is 9.89. The van der Waals surface area contributed by atoms with E-state index in [1.807, 2.05) is 0 Å². The molecule has 11 rings (SSSR count). The van der Waals surface area contributed by atoms with E-state index in [1.165, 1.54) is 99.5 Å². The Morgan fingerprint density at radius 3 is 1.66 bits per heavy atom. The molecule has 2 heteroatoms. The van der Waals surface area contributed by atoms with Gasteiger partial charge in [0.25, 0.3) is 0 Å². The lowest BCUT2D eigenvalue weighted by Crippen LogP contribution is -2.16. The Morgan fingerprint density at radius 1 is 0.400 bits per heavy atom. The molecule has 0 radical (unpaired) electrons. The van der Waals surface area contributed by atoms with Crippen LogP contribution in [-0.2, 0) is 10.8 Å². The molecule has 0 N–H and O–H groups in total. The number of rotatable bonds is 2. The van der Waals surface area contributed by atoms with Crippen LogP contribution in [0, 0.1) is 0 Å². The van der Waals surface area contributed by atoms with Gasteiger partial charge in [-0.1, -0.05) is 137 Å². The van der Waals surface area contributed by atoms with Crippen molar-refractivity contribution >= 4 is 43.6 Å². The minimum Gasteiger partial charge on any atom is -0.309 e. The van der Waals surface area contributed by atoms with Crippen LogP contribution in [0.1, 0.15) is 49.9 Å². The number of hydrogen-bond acceptors (Lipinski definition) is 0. The van der Waals surface area contributed by atoms with Gasteiger partial charge >= 0.3 is 0 Å². The summed E-state index contributed by atoms with van der Waals surface area (Å²) in [5.74, 6) is 0. The van der Waals surface area contributed by atoms with E-state index in [4.69, 9.17) is 0 Å². The second kappa shape index (κ2) is 9.43. The van der Waals surface area contributed by atoms with Crippen LogP contribution in [0.25, 0.3) is 77.2 Å². The van der Waals surface area contributed by atoms with Crippen LogP contribution in [-0.4, -0.2) is 9.13 Å². The van der Waals surface area contributed by atoms with Gasteiger partial charge in [-0.15, -0.1) is 0 Å². The van der Waals surface area contributed by atoms with Crippen LogP contribution in [0.5, 0.6) is 0 Å². The van der Waals surface area contributed by atoms with E-state index < -0.39 is 0 Å². The second-order valence-corrected chi connectivity index (χ2v) is 15.3. The molecule has 0 fully saturated rings. The largest absolute Gasteiger partial charge is 0.309 e. The summed E-state index contributed by atoms with van der Waals surface area (Å²) in [6, 6.07) is 54.3. The molecule has 9 aromatic rings. The van der Waals surface area contributed by atoms with Crippen molar-refractivity contribution in [2.24, 2.45) is 0 Å². The molecule has 0 amide bonds. The van der Waals surface area contributed by atoms with Crippen molar-refractivity contribution in [1.82, 2.24) is 9.13 Å². The normalized spacial score (nSPS) is 15.1. The van der Waals surface area contributed by atoms with Crippen LogP contribution in [0.4, 0.5) is 0 Å². The predicted octanol–water partition coefficient (Wildman–Crippen LogP) is 12.5. The van der Waals surface area contributed by atoms with E-state index in [0.29, 0.717) is 0 Å². The third-order valence-electron chi connectivity index (χ3n) is 12.1. The topological polar surface area (TPSA) is 9.86 Å². The number of nitrogens with zero attached hydrogens (tertiary/aromatic N) is 2. The lowest BCUT2D eigenvalue weighted by Gasteiger charge is -2.24. The number of benzene rings is 7. The lowest BCUT2D eigenvalue weighted by atomic mass is 9.81. The molecule has 7 aromatic carbocycles. The highest BCUT2D eigenvalue weighted by atomic mass is 15.0. The van der Waals surface area contributed by atoms with Crippen molar-refractivity contribution in [3.05, 3.63) is 168 Å². The van der Waals surface area contributed by atoms with Gasteiger partial charge in [0.15, 0.2) is 0 Å². The molecule has 50 heavy (non-hydrogen) atoms. The third-order valence-corrected chi connectivity index (χ3v) is 12.1. The second-order valence-electron chi connectivity index (χ2n) is 15.3. The molecule has 0 saturated carbocycles. The Hall–Kier alpha value is -5.86. The maximum absolute atomic E-state index is 2.59. The summed E-state index contributed by atoms with van der Waals surface area (Å²) in [5, 5.41) is 5.25. The van der Waals surface area contributed by atoms with Crippen LogP contribution < -0.4 is 0 Å². The molecule has 0 spiro atoms. The first kappa shape index (κ1) is 28.0. The first-order valence-corrected chi connectivity index (χ1v) is 17.8. The first-order valence-electron chi connectivity index (χ1n) is 17.8. The van der Waals surface area contributed by atoms with Gasteiger partial charge in [-0.2, -0.15) is 0 Å². The Bertz CT molecular complexity index is 2910. The van der Waals surface area contributed by atoms with Crippen molar-refractivity contribution in [3.63, 3.8) is 0 Å². The number of para-hydroxylation sites is 3. The van der Waals surface area contributed by atoms with Gasteiger partial charge < -0.3 is 9.13 Å². The third kappa shape index (κ3) is 3.29. The molecule has 0 aliphatic heterocycles. The Labute approximate surface area is 291 Å². The van der Waals surface area contributed by atoms with E-state index in [0.717, 1.165) is 0 Å². The fourth-order valence-corrected chi connectivity index (χ4v) is 9.89. The van der Waals surface area contributed by atoms with Gasteiger partial charge in [-0.25, -0.2) is 0 Å². The van der Waals surface area contributed by atoms with Crippen LogP contribution >= 0.6 is 0 Å². The molecule has 0 bridgehead atoms. The summed E-state index contributed by atoms with van der Waals surface area (Å²) in [6.07, 6.45) is 0. The van der Waals surface area contributed by atoms with E-state index in [1.54, 1.807) is 0 Å². The molecule has 2 aliphatic rings. The molecule has 238 valence electrons. The summed E-state index contributed by atoms with van der Waals surface area (Å²) in [7, 11) is 0. The Balaban J connectivity index is 1.40. The summed E-state index contributed by atoms with van der Waals surface area (Å²) in [6.45, 7) is 9.61. The highest BCUT2D eigenvalue weighted by molar-refractivity contribution is 6.32. The molecule has 2 aromatic heterocycles. The monoisotopic (exact) mass is 640 g/mol.